The maximum atomic E-state index is 10.1. The number of nitrogens with two attached hydrogens (primary N) is 1. The van der Waals surface area contributed by atoms with Gasteiger partial charge in [0.05, 0.1) is 24.2 Å². The molecule has 0 fully saturated rings. The third kappa shape index (κ3) is 5.82. The largest absolute Gasteiger partial charge is 0.548 e. The zero-order valence-electron chi connectivity index (χ0n) is 7.09. The van der Waals surface area contributed by atoms with Crippen molar-refractivity contribution in [3.63, 3.8) is 0 Å². The molecule has 4 nitrogen and oxygen atoms in total. The molecule has 0 aromatic rings. The van der Waals surface area contributed by atoms with Gasteiger partial charge < -0.3 is 20.4 Å². The number of ether oxygens (including phenoxy) is 1. The standard InChI is InChI=1S/C7H15NO3/c1-7(2,3)11-4-5(8)6(9)10/h5H,4,8H2,1-3H3,(H,9,10)/p-1/t5-/m0/s1. The van der Waals surface area contributed by atoms with Gasteiger partial charge in [0.15, 0.2) is 0 Å². The third-order valence-corrected chi connectivity index (χ3v) is 0.999. The summed E-state index contributed by atoms with van der Waals surface area (Å²) in [6.07, 6.45) is 0. The molecule has 4 heteroatoms. The summed E-state index contributed by atoms with van der Waals surface area (Å²) in [5.41, 5.74) is 4.78. The molecule has 1 atom stereocenters. The first-order valence-corrected chi connectivity index (χ1v) is 3.43. The van der Waals surface area contributed by atoms with Crippen LogP contribution < -0.4 is 10.8 Å². The van der Waals surface area contributed by atoms with E-state index in [0.29, 0.717) is 0 Å². The van der Waals surface area contributed by atoms with Crippen molar-refractivity contribution < 1.29 is 14.6 Å². The van der Waals surface area contributed by atoms with Crippen LogP contribution >= 0.6 is 0 Å². The van der Waals surface area contributed by atoms with Crippen molar-refractivity contribution in [2.45, 2.75) is 32.4 Å². The molecule has 0 bridgehead atoms. The second kappa shape index (κ2) is 3.69. The second-order valence-electron chi connectivity index (χ2n) is 3.35. The van der Waals surface area contributed by atoms with Crippen molar-refractivity contribution in [3.05, 3.63) is 0 Å². The third-order valence-electron chi connectivity index (χ3n) is 0.999. The number of carbonyl (C=O) groups is 1. The minimum absolute atomic E-state index is 0.00810. The van der Waals surface area contributed by atoms with Crippen molar-refractivity contribution in [1.29, 1.82) is 0 Å². The topological polar surface area (TPSA) is 75.4 Å². The molecule has 0 rings (SSSR count). The van der Waals surface area contributed by atoms with Crippen molar-refractivity contribution in [2.24, 2.45) is 5.73 Å². The Balaban J connectivity index is 3.63. The van der Waals surface area contributed by atoms with Crippen molar-refractivity contribution in [2.75, 3.05) is 6.61 Å². The van der Waals surface area contributed by atoms with Gasteiger partial charge in [-0.25, -0.2) is 0 Å². The molecule has 0 aliphatic heterocycles. The van der Waals surface area contributed by atoms with E-state index in [-0.39, 0.29) is 12.2 Å². The lowest BCUT2D eigenvalue weighted by Crippen LogP contribution is -2.46. The van der Waals surface area contributed by atoms with E-state index in [1.54, 1.807) is 0 Å². The van der Waals surface area contributed by atoms with Crippen LogP contribution in [0.3, 0.4) is 0 Å². The van der Waals surface area contributed by atoms with Crippen LogP contribution in [0.25, 0.3) is 0 Å². The van der Waals surface area contributed by atoms with Gasteiger partial charge in [0.1, 0.15) is 0 Å². The Labute approximate surface area is 66.3 Å². The van der Waals surface area contributed by atoms with Gasteiger partial charge in [-0.3, -0.25) is 0 Å². The molecule has 0 amide bonds. The Morgan fingerprint density at radius 2 is 2.09 bits per heavy atom. The fourth-order valence-electron chi connectivity index (χ4n) is 0.408. The Bertz CT molecular complexity index is 139. The van der Waals surface area contributed by atoms with Crippen molar-refractivity contribution in [3.8, 4) is 0 Å². The molecule has 0 aliphatic carbocycles. The van der Waals surface area contributed by atoms with Gasteiger partial charge in [-0.15, -0.1) is 0 Å². The summed E-state index contributed by atoms with van der Waals surface area (Å²) in [6.45, 7) is 5.48. The zero-order chi connectivity index (χ0) is 9.07. The van der Waals surface area contributed by atoms with Crippen LogP contribution in [0.5, 0.6) is 0 Å². The summed E-state index contributed by atoms with van der Waals surface area (Å²) in [4.78, 5) is 10.1. The van der Waals surface area contributed by atoms with E-state index in [1.165, 1.54) is 0 Å². The first-order chi connectivity index (χ1) is 4.83. The first-order valence-electron chi connectivity index (χ1n) is 3.43. The van der Waals surface area contributed by atoms with Gasteiger partial charge in [0, 0.05) is 0 Å². The SMILES string of the molecule is CC(C)(C)OC[C@H](N)C(=O)[O-]. The van der Waals surface area contributed by atoms with E-state index in [0.717, 1.165) is 0 Å². The number of hydrogen-bond donors (Lipinski definition) is 1. The molecule has 66 valence electrons. The van der Waals surface area contributed by atoms with E-state index in [4.69, 9.17) is 10.5 Å². The molecule has 0 saturated carbocycles. The molecular formula is C7H14NO3-. The van der Waals surface area contributed by atoms with Crippen LogP contribution in [0.4, 0.5) is 0 Å². The van der Waals surface area contributed by atoms with Gasteiger partial charge in [0.25, 0.3) is 0 Å². The molecule has 2 N–H and O–H groups in total. The lowest BCUT2D eigenvalue weighted by molar-refractivity contribution is -0.308. The quantitative estimate of drug-likeness (QED) is 0.567. The van der Waals surface area contributed by atoms with Crippen molar-refractivity contribution in [1.82, 2.24) is 0 Å². The fourth-order valence-corrected chi connectivity index (χ4v) is 0.408. The van der Waals surface area contributed by atoms with E-state index in [2.05, 4.69) is 0 Å². The molecule has 0 aromatic heterocycles. The van der Waals surface area contributed by atoms with Crippen LogP contribution in [-0.4, -0.2) is 24.2 Å². The molecular weight excluding hydrogens is 146 g/mol. The van der Waals surface area contributed by atoms with Crippen LogP contribution in [0.2, 0.25) is 0 Å². The fraction of sp³-hybridized carbons (Fsp3) is 0.857. The van der Waals surface area contributed by atoms with E-state index in [9.17, 15) is 9.90 Å². The zero-order valence-corrected chi connectivity index (χ0v) is 7.09. The summed E-state index contributed by atoms with van der Waals surface area (Å²) in [6, 6.07) is -1.03. The van der Waals surface area contributed by atoms with Crippen molar-refractivity contribution >= 4 is 5.97 Å². The van der Waals surface area contributed by atoms with Gasteiger partial charge in [-0.1, -0.05) is 0 Å². The average molecular weight is 160 g/mol. The molecule has 0 aromatic carbocycles. The lowest BCUT2D eigenvalue weighted by atomic mass is 10.2. The highest BCUT2D eigenvalue weighted by Crippen LogP contribution is 2.06. The van der Waals surface area contributed by atoms with E-state index < -0.39 is 12.0 Å². The molecule has 0 saturated heterocycles. The molecule has 0 spiro atoms. The van der Waals surface area contributed by atoms with Gasteiger partial charge in [0.2, 0.25) is 0 Å². The summed E-state index contributed by atoms with van der Waals surface area (Å²) in [7, 11) is 0. The minimum atomic E-state index is -1.28. The summed E-state index contributed by atoms with van der Waals surface area (Å²) in [5.74, 6) is -1.28. The predicted molar refractivity (Wildman–Crippen MR) is 38.7 cm³/mol. The number of carbonyl (C=O) groups excluding carboxylic acids is 1. The first kappa shape index (κ1) is 10.4. The molecule has 0 unspecified atom stereocenters. The van der Waals surface area contributed by atoms with Crippen LogP contribution in [-0.2, 0) is 9.53 Å². The van der Waals surface area contributed by atoms with Gasteiger partial charge in [-0.2, -0.15) is 0 Å². The summed E-state index contributed by atoms with van der Waals surface area (Å²) >= 11 is 0. The Morgan fingerprint density at radius 1 is 1.64 bits per heavy atom. The lowest BCUT2D eigenvalue weighted by Gasteiger charge is -2.22. The molecule has 0 aliphatic rings. The van der Waals surface area contributed by atoms with Crippen LogP contribution in [0.15, 0.2) is 0 Å². The van der Waals surface area contributed by atoms with Crippen LogP contribution in [0, 0.1) is 0 Å². The minimum Gasteiger partial charge on any atom is -0.548 e. The summed E-state index contributed by atoms with van der Waals surface area (Å²) in [5, 5.41) is 10.1. The number of carboxylic acid groups (broad SMARTS) is 1. The Morgan fingerprint density at radius 3 is 2.36 bits per heavy atom. The molecule has 0 radical (unpaired) electrons. The average Bonchev–Trinajstić information content (AvgIpc) is 1.80. The number of hydrogen-bond acceptors (Lipinski definition) is 4. The highest BCUT2D eigenvalue weighted by molar-refractivity contribution is 5.70. The van der Waals surface area contributed by atoms with Gasteiger partial charge >= 0.3 is 0 Å². The highest BCUT2D eigenvalue weighted by Gasteiger charge is 2.12. The molecule has 0 heterocycles. The number of carboxylic acids is 1. The van der Waals surface area contributed by atoms with E-state index >= 15 is 0 Å². The second-order valence-corrected chi connectivity index (χ2v) is 3.35. The van der Waals surface area contributed by atoms with Crippen LogP contribution in [0.1, 0.15) is 20.8 Å². The Kier molecular flexibility index (Phi) is 3.48. The number of rotatable bonds is 3. The molecule has 11 heavy (non-hydrogen) atoms. The predicted octanol–water partition coefficient (Wildman–Crippen LogP) is -1.12. The van der Waals surface area contributed by atoms with E-state index in [1.807, 2.05) is 20.8 Å². The maximum absolute atomic E-state index is 10.1. The summed E-state index contributed by atoms with van der Waals surface area (Å²) < 4.78 is 5.11. The van der Waals surface area contributed by atoms with Gasteiger partial charge in [-0.05, 0) is 20.8 Å². The normalized spacial score (nSPS) is 14.5. The monoisotopic (exact) mass is 160 g/mol. The number of aliphatic carboxylic acids is 1. The maximum Gasteiger partial charge on any atom is 0.0680 e. The smallest absolute Gasteiger partial charge is 0.0680 e. The highest BCUT2D eigenvalue weighted by atomic mass is 16.5. The Hall–Kier alpha value is -0.610.